The summed E-state index contributed by atoms with van der Waals surface area (Å²) in [7, 11) is 2.08. The second-order valence-corrected chi connectivity index (χ2v) is 7.41. The van der Waals surface area contributed by atoms with Gasteiger partial charge in [0.05, 0.1) is 12.5 Å². The van der Waals surface area contributed by atoms with Gasteiger partial charge in [0, 0.05) is 38.9 Å². The number of nitrogens with one attached hydrogen (secondary N) is 1. The second-order valence-electron chi connectivity index (χ2n) is 7.41. The quantitative estimate of drug-likeness (QED) is 0.693. The second kappa shape index (κ2) is 9.92. The fraction of sp³-hybridized carbons (Fsp3) is 0.333. The number of hydrogen-bond donors (Lipinski definition) is 1. The number of hydrogen-bond acceptors (Lipinski definition) is 3. The van der Waals surface area contributed by atoms with Crippen molar-refractivity contribution in [2.75, 3.05) is 25.0 Å². The Morgan fingerprint density at radius 1 is 1.03 bits per heavy atom. The van der Waals surface area contributed by atoms with Gasteiger partial charge in [-0.15, -0.1) is 0 Å². The van der Waals surface area contributed by atoms with E-state index in [-0.39, 0.29) is 24.3 Å². The zero-order chi connectivity index (χ0) is 20.6. The highest BCUT2D eigenvalue weighted by atomic mass is 16.2. The summed E-state index contributed by atoms with van der Waals surface area (Å²) in [6.07, 6.45) is 5.89. The van der Waals surface area contributed by atoms with Crippen molar-refractivity contribution in [2.45, 2.75) is 32.2 Å². The Morgan fingerprint density at radius 2 is 1.76 bits per heavy atom. The van der Waals surface area contributed by atoms with Gasteiger partial charge in [0.25, 0.3) is 0 Å². The van der Waals surface area contributed by atoms with E-state index in [1.165, 1.54) is 12.6 Å². The van der Waals surface area contributed by atoms with Crippen molar-refractivity contribution >= 4 is 23.6 Å². The summed E-state index contributed by atoms with van der Waals surface area (Å²) in [5.41, 5.74) is 3.28. The molecule has 1 unspecified atom stereocenters. The molecule has 2 amide bonds. The average Bonchev–Trinajstić information content (AvgIpc) is 2.74. The number of carbonyl (C=O) groups excluding carboxylic acids is 2. The van der Waals surface area contributed by atoms with E-state index in [1.54, 1.807) is 11.1 Å². The summed E-state index contributed by atoms with van der Waals surface area (Å²) in [6.45, 7) is 3.12. The lowest BCUT2D eigenvalue weighted by Crippen LogP contribution is -2.35. The number of fused-ring (bicyclic) bond motifs is 1. The van der Waals surface area contributed by atoms with Gasteiger partial charge in [0.1, 0.15) is 0 Å². The van der Waals surface area contributed by atoms with Gasteiger partial charge >= 0.3 is 0 Å². The van der Waals surface area contributed by atoms with Crippen LogP contribution in [0.3, 0.4) is 0 Å². The van der Waals surface area contributed by atoms with Gasteiger partial charge < -0.3 is 15.1 Å². The fourth-order valence-electron chi connectivity index (χ4n) is 3.67. The summed E-state index contributed by atoms with van der Waals surface area (Å²) in [5, 5.41) is 3.01. The molecular formula is C24H29N3O2. The van der Waals surface area contributed by atoms with Crippen molar-refractivity contribution in [1.82, 2.24) is 10.2 Å². The molecule has 1 heterocycles. The predicted molar refractivity (Wildman–Crippen MR) is 117 cm³/mol. The van der Waals surface area contributed by atoms with Crippen LogP contribution in [0.15, 0.2) is 60.8 Å². The monoisotopic (exact) mass is 391 g/mol. The molecule has 5 heteroatoms. The third-order valence-electron chi connectivity index (χ3n) is 5.29. The number of rotatable bonds is 8. The Labute approximate surface area is 173 Å². The van der Waals surface area contributed by atoms with Gasteiger partial charge in [-0.3, -0.25) is 9.59 Å². The fourth-order valence-corrected chi connectivity index (χ4v) is 3.67. The molecule has 0 aliphatic carbocycles. The van der Waals surface area contributed by atoms with E-state index < -0.39 is 0 Å². The van der Waals surface area contributed by atoms with Crippen molar-refractivity contribution in [3.05, 3.63) is 71.9 Å². The number of amides is 2. The van der Waals surface area contributed by atoms with Crippen LogP contribution in [-0.2, 0) is 9.59 Å². The normalized spacial score (nSPS) is 15.0. The number of nitrogens with zero attached hydrogens (tertiary/aromatic N) is 2. The predicted octanol–water partition coefficient (Wildman–Crippen LogP) is 3.98. The molecule has 2 aromatic carbocycles. The highest BCUT2D eigenvalue weighted by Crippen LogP contribution is 2.32. The molecule has 1 aliphatic heterocycles. The highest BCUT2D eigenvalue weighted by Gasteiger charge is 2.27. The molecule has 29 heavy (non-hydrogen) atoms. The smallest absolute Gasteiger partial charge is 0.223 e. The molecule has 3 rings (SSSR count). The van der Waals surface area contributed by atoms with Gasteiger partial charge in [-0.05, 0) is 42.2 Å². The van der Waals surface area contributed by atoms with Crippen molar-refractivity contribution in [3.8, 4) is 0 Å². The van der Waals surface area contributed by atoms with Crippen LogP contribution < -0.4 is 10.2 Å². The summed E-state index contributed by atoms with van der Waals surface area (Å²) >= 11 is 0. The molecule has 1 N–H and O–H groups in total. The van der Waals surface area contributed by atoms with Crippen molar-refractivity contribution < 1.29 is 9.59 Å². The summed E-state index contributed by atoms with van der Waals surface area (Å²) in [5.74, 6) is -0.0831. The standard InChI is InChI=1S/C24H29N3O2/c1-19(28)27-17-14-20-10-6-7-13-22(20)23(27)18-24(29)25-15-8-9-16-26(2)21-11-4-3-5-12-21/h3-7,10-14,17,23H,8-9,15-16,18H2,1-2H3,(H,25,29). The van der Waals surface area contributed by atoms with E-state index in [0.29, 0.717) is 6.54 Å². The molecule has 152 valence electrons. The van der Waals surface area contributed by atoms with Gasteiger partial charge in [-0.25, -0.2) is 0 Å². The van der Waals surface area contributed by atoms with Gasteiger partial charge in [0.15, 0.2) is 0 Å². The minimum absolute atomic E-state index is 0.0252. The van der Waals surface area contributed by atoms with Crippen LogP contribution in [0.4, 0.5) is 5.69 Å². The Morgan fingerprint density at radius 3 is 2.52 bits per heavy atom. The Balaban J connectivity index is 1.46. The van der Waals surface area contributed by atoms with Gasteiger partial charge in [-0.1, -0.05) is 42.5 Å². The van der Waals surface area contributed by atoms with Crippen molar-refractivity contribution in [1.29, 1.82) is 0 Å². The first kappa shape index (κ1) is 20.6. The molecule has 2 aromatic rings. The lowest BCUT2D eigenvalue weighted by Gasteiger charge is -2.32. The maximum Gasteiger partial charge on any atom is 0.223 e. The topological polar surface area (TPSA) is 52.7 Å². The first-order valence-corrected chi connectivity index (χ1v) is 10.1. The molecule has 1 aliphatic rings. The third kappa shape index (κ3) is 5.47. The van der Waals surface area contributed by atoms with E-state index >= 15 is 0 Å². The van der Waals surface area contributed by atoms with Crippen LogP contribution in [-0.4, -0.2) is 36.9 Å². The van der Waals surface area contributed by atoms with Gasteiger partial charge in [0.2, 0.25) is 11.8 Å². The van der Waals surface area contributed by atoms with Crippen LogP contribution in [0, 0.1) is 0 Å². The lowest BCUT2D eigenvalue weighted by molar-refractivity contribution is -0.129. The van der Waals surface area contributed by atoms with Crippen LogP contribution in [0.25, 0.3) is 6.08 Å². The minimum atomic E-state index is -0.252. The van der Waals surface area contributed by atoms with Gasteiger partial charge in [-0.2, -0.15) is 0 Å². The molecule has 0 spiro atoms. The molecule has 0 radical (unpaired) electrons. The third-order valence-corrected chi connectivity index (χ3v) is 5.29. The van der Waals surface area contributed by atoms with Crippen LogP contribution in [0.2, 0.25) is 0 Å². The summed E-state index contributed by atoms with van der Waals surface area (Å²) < 4.78 is 0. The van der Waals surface area contributed by atoms with E-state index in [4.69, 9.17) is 0 Å². The first-order valence-electron chi connectivity index (χ1n) is 10.1. The Bertz CT molecular complexity index is 863. The zero-order valence-electron chi connectivity index (χ0n) is 17.2. The maximum absolute atomic E-state index is 12.5. The van der Waals surface area contributed by atoms with E-state index in [2.05, 4.69) is 29.4 Å². The number of benzene rings is 2. The Hall–Kier alpha value is -3.08. The maximum atomic E-state index is 12.5. The number of unbranched alkanes of at least 4 members (excludes halogenated alkanes) is 1. The molecule has 0 saturated heterocycles. The van der Waals surface area contributed by atoms with Crippen LogP contribution in [0.5, 0.6) is 0 Å². The summed E-state index contributed by atoms with van der Waals surface area (Å²) in [4.78, 5) is 28.4. The van der Waals surface area contributed by atoms with E-state index in [0.717, 1.165) is 30.5 Å². The Kier molecular flexibility index (Phi) is 7.06. The van der Waals surface area contributed by atoms with Crippen LogP contribution >= 0.6 is 0 Å². The molecule has 0 bridgehead atoms. The van der Waals surface area contributed by atoms with Crippen molar-refractivity contribution in [2.24, 2.45) is 0 Å². The highest BCUT2D eigenvalue weighted by molar-refractivity contribution is 5.81. The largest absolute Gasteiger partial charge is 0.375 e. The number of anilines is 1. The molecule has 0 saturated carbocycles. The molecular weight excluding hydrogens is 362 g/mol. The average molecular weight is 392 g/mol. The van der Waals surface area contributed by atoms with Crippen LogP contribution in [0.1, 0.15) is 43.4 Å². The molecule has 1 atom stereocenters. The molecule has 5 nitrogen and oxygen atoms in total. The van der Waals surface area contributed by atoms with Crippen molar-refractivity contribution in [3.63, 3.8) is 0 Å². The first-order chi connectivity index (χ1) is 14.1. The number of carbonyl (C=O) groups is 2. The zero-order valence-corrected chi connectivity index (χ0v) is 17.2. The molecule has 0 fully saturated rings. The summed E-state index contributed by atoms with van der Waals surface area (Å²) in [6, 6.07) is 17.9. The lowest BCUT2D eigenvalue weighted by atomic mass is 9.93. The SMILES string of the molecule is CC(=O)N1C=Cc2ccccc2C1CC(=O)NCCCCN(C)c1ccccc1. The minimum Gasteiger partial charge on any atom is -0.375 e. The number of para-hydroxylation sites is 1. The molecule has 0 aromatic heterocycles. The van der Waals surface area contributed by atoms with E-state index in [9.17, 15) is 9.59 Å². The van der Waals surface area contributed by atoms with E-state index in [1.807, 2.05) is 48.5 Å².